The molecule has 2 aliphatic heterocycles. The lowest BCUT2D eigenvalue weighted by atomic mass is 9.90. The van der Waals surface area contributed by atoms with Crippen LogP contribution in [0.25, 0.3) is 0 Å². The smallest absolute Gasteiger partial charge is 0.407 e. The van der Waals surface area contributed by atoms with E-state index in [1.54, 1.807) is 6.07 Å². The van der Waals surface area contributed by atoms with Gasteiger partial charge in [-0.2, -0.15) is 0 Å². The van der Waals surface area contributed by atoms with Crippen LogP contribution in [0, 0.1) is 18.7 Å². The second-order valence-corrected chi connectivity index (χ2v) is 6.48. The van der Waals surface area contributed by atoms with Crippen LogP contribution in [0.5, 0.6) is 0 Å². The number of hydrogen-bond donors (Lipinski definition) is 1. The molecule has 2 fully saturated rings. The Bertz CT molecular complexity index is 558. The Morgan fingerprint density at radius 3 is 2.68 bits per heavy atom. The summed E-state index contributed by atoms with van der Waals surface area (Å²) in [6, 6.07) is 4.54. The lowest BCUT2D eigenvalue weighted by Gasteiger charge is -2.30. The summed E-state index contributed by atoms with van der Waals surface area (Å²) >= 11 is 0. The Labute approximate surface area is 130 Å². The number of nitrogens with zero attached hydrogens (tertiary/aromatic N) is 2. The van der Waals surface area contributed by atoms with Crippen LogP contribution in [0.15, 0.2) is 18.2 Å². The SMILES string of the molecule is Cc1cc(F)ccc1[C@H]1[C@H](CN2CCCC2)CCN1C(=O)O. The predicted molar refractivity (Wildman–Crippen MR) is 82.4 cm³/mol. The molecule has 4 nitrogen and oxygen atoms in total. The fourth-order valence-electron chi connectivity index (χ4n) is 3.95. The molecule has 0 aromatic heterocycles. The summed E-state index contributed by atoms with van der Waals surface area (Å²) in [5.41, 5.74) is 1.79. The van der Waals surface area contributed by atoms with Crippen LogP contribution in [-0.4, -0.2) is 47.2 Å². The van der Waals surface area contributed by atoms with Gasteiger partial charge in [0.2, 0.25) is 0 Å². The molecule has 0 aliphatic carbocycles. The van der Waals surface area contributed by atoms with E-state index in [-0.39, 0.29) is 11.9 Å². The van der Waals surface area contributed by atoms with E-state index in [4.69, 9.17) is 0 Å². The van der Waals surface area contributed by atoms with E-state index in [1.807, 2.05) is 6.92 Å². The van der Waals surface area contributed by atoms with Gasteiger partial charge in [-0.1, -0.05) is 6.07 Å². The third kappa shape index (κ3) is 2.95. The number of rotatable bonds is 3. The fourth-order valence-corrected chi connectivity index (χ4v) is 3.95. The van der Waals surface area contributed by atoms with Crippen molar-refractivity contribution >= 4 is 6.09 Å². The number of benzene rings is 1. The fraction of sp³-hybridized carbons (Fsp3) is 0.588. The summed E-state index contributed by atoms with van der Waals surface area (Å²) in [6.07, 6.45) is 2.47. The first-order valence-corrected chi connectivity index (χ1v) is 8.04. The molecule has 2 heterocycles. The van der Waals surface area contributed by atoms with Gasteiger partial charge in [0, 0.05) is 13.1 Å². The zero-order valence-corrected chi connectivity index (χ0v) is 13.0. The summed E-state index contributed by atoms with van der Waals surface area (Å²) < 4.78 is 13.4. The van der Waals surface area contributed by atoms with Gasteiger partial charge in [-0.3, -0.25) is 0 Å². The maximum atomic E-state index is 13.4. The quantitative estimate of drug-likeness (QED) is 0.932. The van der Waals surface area contributed by atoms with E-state index in [9.17, 15) is 14.3 Å². The molecule has 5 heteroatoms. The normalized spacial score (nSPS) is 25.8. The Hall–Kier alpha value is -1.62. The van der Waals surface area contributed by atoms with Crippen molar-refractivity contribution in [3.63, 3.8) is 0 Å². The summed E-state index contributed by atoms with van der Waals surface area (Å²) in [5.74, 6) is 0.0237. The first kappa shape index (κ1) is 15.3. The lowest BCUT2D eigenvalue weighted by Crippen LogP contribution is -2.34. The molecule has 0 unspecified atom stereocenters. The standard InChI is InChI=1S/C17H23FN2O2/c1-12-10-14(18)4-5-15(12)16-13(6-9-20(16)17(21)22)11-19-7-2-3-8-19/h4-5,10,13,16H,2-3,6-9,11H2,1H3,(H,21,22)/t13-,16+/m0/s1. The Morgan fingerprint density at radius 1 is 1.32 bits per heavy atom. The van der Waals surface area contributed by atoms with Gasteiger partial charge in [0.05, 0.1) is 6.04 Å². The molecule has 2 saturated heterocycles. The maximum absolute atomic E-state index is 13.4. The van der Waals surface area contributed by atoms with E-state index in [0.717, 1.165) is 37.2 Å². The summed E-state index contributed by atoms with van der Waals surface area (Å²) in [4.78, 5) is 15.5. The second kappa shape index (κ2) is 6.24. The van der Waals surface area contributed by atoms with Crippen LogP contribution in [0.1, 0.15) is 36.4 Å². The van der Waals surface area contributed by atoms with Crippen LogP contribution in [0.2, 0.25) is 0 Å². The van der Waals surface area contributed by atoms with E-state index in [1.165, 1.54) is 29.9 Å². The van der Waals surface area contributed by atoms with Gasteiger partial charge >= 0.3 is 6.09 Å². The Morgan fingerprint density at radius 2 is 2.05 bits per heavy atom. The van der Waals surface area contributed by atoms with Crippen molar-refractivity contribution in [1.29, 1.82) is 0 Å². The molecule has 1 aromatic rings. The zero-order valence-electron chi connectivity index (χ0n) is 13.0. The Balaban J connectivity index is 1.87. The van der Waals surface area contributed by atoms with Gasteiger partial charge in [-0.25, -0.2) is 9.18 Å². The van der Waals surface area contributed by atoms with E-state index in [2.05, 4.69) is 4.90 Å². The molecule has 0 radical (unpaired) electrons. The Kier molecular flexibility index (Phi) is 4.34. The average molecular weight is 306 g/mol. The van der Waals surface area contributed by atoms with Crippen LogP contribution in [-0.2, 0) is 0 Å². The van der Waals surface area contributed by atoms with Crippen molar-refractivity contribution in [3.8, 4) is 0 Å². The van der Waals surface area contributed by atoms with E-state index < -0.39 is 6.09 Å². The first-order chi connectivity index (χ1) is 10.6. The zero-order chi connectivity index (χ0) is 15.7. The molecular formula is C17H23FN2O2. The molecule has 1 N–H and O–H groups in total. The number of hydrogen-bond acceptors (Lipinski definition) is 2. The molecule has 1 aromatic carbocycles. The lowest BCUT2D eigenvalue weighted by molar-refractivity contribution is 0.130. The van der Waals surface area contributed by atoms with Crippen molar-refractivity contribution in [3.05, 3.63) is 35.1 Å². The van der Waals surface area contributed by atoms with Crippen molar-refractivity contribution < 1.29 is 14.3 Å². The molecule has 0 bridgehead atoms. The number of aryl methyl sites for hydroxylation is 1. The number of halogens is 1. The topological polar surface area (TPSA) is 43.8 Å². The molecule has 3 rings (SSSR count). The monoisotopic (exact) mass is 306 g/mol. The van der Waals surface area contributed by atoms with Gasteiger partial charge in [-0.05, 0) is 68.5 Å². The number of amides is 1. The first-order valence-electron chi connectivity index (χ1n) is 8.04. The number of likely N-dealkylation sites (tertiary alicyclic amines) is 2. The predicted octanol–water partition coefficient (Wildman–Crippen LogP) is 3.27. The van der Waals surface area contributed by atoms with Crippen LogP contribution >= 0.6 is 0 Å². The third-order valence-corrected chi connectivity index (χ3v) is 5.01. The summed E-state index contributed by atoms with van der Waals surface area (Å²) in [7, 11) is 0. The van der Waals surface area contributed by atoms with Crippen LogP contribution in [0.4, 0.5) is 9.18 Å². The highest BCUT2D eigenvalue weighted by Gasteiger charge is 2.39. The number of carbonyl (C=O) groups is 1. The van der Waals surface area contributed by atoms with Crippen molar-refractivity contribution in [2.75, 3.05) is 26.2 Å². The largest absolute Gasteiger partial charge is 0.465 e. The van der Waals surface area contributed by atoms with E-state index in [0.29, 0.717) is 12.5 Å². The van der Waals surface area contributed by atoms with Crippen molar-refractivity contribution in [2.45, 2.75) is 32.2 Å². The van der Waals surface area contributed by atoms with Gasteiger partial charge in [0.1, 0.15) is 5.82 Å². The van der Waals surface area contributed by atoms with Crippen LogP contribution in [0.3, 0.4) is 0 Å². The highest BCUT2D eigenvalue weighted by molar-refractivity contribution is 5.66. The highest BCUT2D eigenvalue weighted by atomic mass is 19.1. The average Bonchev–Trinajstić information content (AvgIpc) is 3.09. The van der Waals surface area contributed by atoms with Gasteiger partial charge < -0.3 is 14.9 Å². The molecule has 0 spiro atoms. The molecule has 2 aliphatic rings. The van der Waals surface area contributed by atoms with Crippen molar-refractivity contribution in [1.82, 2.24) is 9.80 Å². The molecule has 1 amide bonds. The van der Waals surface area contributed by atoms with Gasteiger partial charge in [0.15, 0.2) is 0 Å². The van der Waals surface area contributed by atoms with Crippen LogP contribution < -0.4 is 0 Å². The molecule has 22 heavy (non-hydrogen) atoms. The minimum atomic E-state index is -0.877. The summed E-state index contributed by atoms with van der Waals surface area (Å²) in [5, 5.41) is 9.51. The minimum Gasteiger partial charge on any atom is -0.465 e. The number of carboxylic acid groups (broad SMARTS) is 1. The molecule has 120 valence electrons. The molecular weight excluding hydrogens is 283 g/mol. The van der Waals surface area contributed by atoms with Gasteiger partial charge in [0.25, 0.3) is 0 Å². The summed E-state index contributed by atoms with van der Waals surface area (Å²) in [6.45, 7) is 5.58. The second-order valence-electron chi connectivity index (χ2n) is 6.48. The highest BCUT2D eigenvalue weighted by Crippen LogP contribution is 2.39. The molecule has 0 saturated carbocycles. The minimum absolute atomic E-state index is 0.154. The third-order valence-electron chi connectivity index (χ3n) is 5.01. The molecule has 2 atom stereocenters. The van der Waals surface area contributed by atoms with Crippen molar-refractivity contribution in [2.24, 2.45) is 5.92 Å². The van der Waals surface area contributed by atoms with Gasteiger partial charge in [-0.15, -0.1) is 0 Å². The maximum Gasteiger partial charge on any atom is 0.407 e. The van der Waals surface area contributed by atoms with E-state index >= 15 is 0 Å².